The molecule has 1 aromatic rings. The molecule has 0 aliphatic carbocycles. The maximum Gasteiger partial charge on any atom is 0.203 e. The molecule has 1 atom stereocenters. The number of nitrogens with one attached hydrogen (secondary N) is 1. The molecule has 3 nitrogen and oxygen atoms in total. The number of fused-ring (bicyclic) bond motifs is 1. The monoisotopic (exact) mass is 280 g/mol. The van der Waals surface area contributed by atoms with E-state index in [0.29, 0.717) is 15.9 Å². The lowest BCUT2D eigenvalue weighted by Crippen LogP contribution is -2.24. The fraction of sp³-hybridized carbons (Fsp3) is 0.375. The van der Waals surface area contributed by atoms with Crippen LogP contribution in [0.4, 0.5) is 5.69 Å². The lowest BCUT2D eigenvalue weighted by Gasteiger charge is -2.12. The van der Waals surface area contributed by atoms with E-state index in [9.17, 15) is 4.21 Å². The minimum absolute atomic E-state index is 0.523. The van der Waals surface area contributed by atoms with Gasteiger partial charge in [0.1, 0.15) is 9.90 Å². The van der Waals surface area contributed by atoms with Gasteiger partial charge in [-0.3, -0.25) is 4.21 Å². The number of amidine groups is 1. The van der Waals surface area contributed by atoms with E-state index < -0.39 is 10.8 Å². The van der Waals surface area contributed by atoms with Gasteiger partial charge in [-0.05, 0) is 18.4 Å². The Hall–Kier alpha value is -0.0400. The molecule has 0 fully saturated rings. The Labute approximate surface area is 104 Å². The molecule has 15 heavy (non-hydrogen) atoms. The highest BCUT2D eigenvalue weighted by atomic mass is 35.5. The zero-order valence-electron chi connectivity index (χ0n) is 7.95. The van der Waals surface area contributed by atoms with E-state index in [1.54, 1.807) is 11.3 Å². The Bertz CT molecular complexity index is 430. The van der Waals surface area contributed by atoms with Crippen molar-refractivity contribution in [3.63, 3.8) is 0 Å². The van der Waals surface area contributed by atoms with E-state index in [4.69, 9.17) is 11.6 Å². The predicted octanol–water partition coefficient (Wildman–Crippen LogP) is 3.16. The molecular weight excluding hydrogens is 272 g/mol. The summed E-state index contributed by atoms with van der Waals surface area (Å²) in [6, 6.07) is 0. The van der Waals surface area contributed by atoms with Gasteiger partial charge in [-0.2, -0.15) is 0 Å². The van der Waals surface area contributed by atoms with E-state index >= 15 is 0 Å². The summed E-state index contributed by atoms with van der Waals surface area (Å²) in [4.78, 5) is 4.29. The summed E-state index contributed by atoms with van der Waals surface area (Å²) in [6.07, 6.45) is 0.877. The molecule has 2 heterocycles. The van der Waals surface area contributed by atoms with Crippen LogP contribution in [-0.2, 0) is 10.8 Å². The highest BCUT2D eigenvalue weighted by Crippen LogP contribution is 2.42. The molecule has 2 rings (SSSR count). The molecule has 1 unspecified atom stereocenters. The molecule has 0 aromatic carbocycles. The fourth-order valence-corrected chi connectivity index (χ4v) is 4.25. The maximum atomic E-state index is 11.7. The molecule has 0 bridgehead atoms. The SMILES string of the molecule is CCCS(=O)C1=Nc2c(Cl)csc2SN1. The summed E-state index contributed by atoms with van der Waals surface area (Å²) >= 11 is 8.94. The first-order chi connectivity index (χ1) is 7.22. The first kappa shape index (κ1) is 11.4. The third kappa shape index (κ3) is 2.38. The minimum atomic E-state index is -1.04. The van der Waals surface area contributed by atoms with Crippen molar-refractivity contribution >= 4 is 56.5 Å². The third-order valence-electron chi connectivity index (χ3n) is 1.74. The molecule has 1 N–H and O–H groups in total. The predicted molar refractivity (Wildman–Crippen MR) is 68.7 cm³/mol. The molecule has 0 radical (unpaired) electrons. The van der Waals surface area contributed by atoms with Crippen molar-refractivity contribution in [3.05, 3.63) is 10.4 Å². The Kier molecular flexibility index (Phi) is 3.71. The number of aliphatic imine (C=N–C) groups is 1. The van der Waals surface area contributed by atoms with Crippen molar-refractivity contribution in [2.75, 3.05) is 5.75 Å². The average molecular weight is 281 g/mol. The van der Waals surface area contributed by atoms with Gasteiger partial charge in [-0.25, -0.2) is 4.99 Å². The number of hydrogen-bond acceptors (Lipinski definition) is 5. The average Bonchev–Trinajstić information content (AvgIpc) is 2.60. The number of nitrogens with zero attached hydrogens (tertiary/aromatic N) is 1. The number of halogens is 1. The first-order valence-electron chi connectivity index (χ1n) is 4.39. The van der Waals surface area contributed by atoms with E-state index in [-0.39, 0.29) is 0 Å². The van der Waals surface area contributed by atoms with Gasteiger partial charge in [0, 0.05) is 11.1 Å². The molecule has 1 aromatic heterocycles. The Morgan fingerprint density at radius 3 is 3.20 bits per heavy atom. The summed E-state index contributed by atoms with van der Waals surface area (Å²) < 4.78 is 15.7. The molecule has 0 amide bonds. The second-order valence-electron chi connectivity index (χ2n) is 2.89. The molecule has 7 heteroatoms. The maximum absolute atomic E-state index is 11.7. The van der Waals surface area contributed by atoms with Crippen LogP contribution in [0.1, 0.15) is 13.3 Å². The Balaban J connectivity index is 2.28. The van der Waals surface area contributed by atoms with Crippen molar-refractivity contribution in [2.45, 2.75) is 17.6 Å². The molecular formula is C8H9ClN2OS3. The molecule has 1 aliphatic rings. The molecule has 1 aliphatic heterocycles. The van der Waals surface area contributed by atoms with Crippen LogP contribution >= 0.6 is 34.9 Å². The van der Waals surface area contributed by atoms with E-state index in [0.717, 1.165) is 16.3 Å². The normalized spacial score (nSPS) is 16.5. The lowest BCUT2D eigenvalue weighted by molar-refractivity contribution is 0.688. The van der Waals surface area contributed by atoms with Crippen LogP contribution in [0.15, 0.2) is 14.6 Å². The number of thiophene rings is 1. The van der Waals surface area contributed by atoms with Gasteiger partial charge in [0.25, 0.3) is 0 Å². The topological polar surface area (TPSA) is 41.5 Å². The van der Waals surface area contributed by atoms with Crippen molar-refractivity contribution in [1.82, 2.24) is 4.72 Å². The van der Waals surface area contributed by atoms with Crippen LogP contribution in [0.2, 0.25) is 5.02 Å². The summed E-state index contributed by atoms with van der Waals surface area (Å²) in [5, 5.41) is 3.00. The van der Waals surface area contributed by atoms with E-state index in [1.807, 2.05) is 12.3 Å². The molecule has 0 saturated carbocycles. The zero-order valence-corrected chi connectivity index (χ0v) is 11.2. The van der Waals surface area contributed by atoms with Crippen molar-refractivity contribution in [3.8, 4) is 0 Å². The number of hydrogen-bond donors (Lipinski definition) is 1. The molecule has 0 saturated heterocycles. The van der Waals surface area contributed by atoms with Crippen molar-refractivity contribution in [1.29, 1.82) is 0 Å². The van der Waals surface area contributed by atoms with Gasteiger partial charge in [0.05, 0.1) is 15.8 Å². The summed E-state index contributed by atoms with van der Waals surface area (Å²) in [6.45, 7) is 2.00. The highest BCUT2D eigenvalue weighted by Gasteiger charge is 2.20. The van der Waals surface area contributed by atoms with Crippen LogP contribution in [0.25, 0.3) is 0 Å². The third-order valence-corrected chi connectivity index (χ3v) is 5.66. The smallest absolute Gasteiger partial charge is 0.203 e. The lowest BCUT2D eigenvalue weighted by atomic mass is 10.5. The second kappa shape index (κ2) is 4.86. The fourth-order valence-electron chi connectivity index (χ4n) is 1.08. The van der Waals surface area contributed by atoms with Crippen LogP contribution < -0.4 is 4.72 Å². The van der Waals surface area contributed by atoms with Crippen LogP contribution in [0.3, 0.4) is 0 Å². The minimum Gasteiger partial charge on any atom is -0.302 e. The quantitative estimate of drug-likeness (QED) is 0.846. The Morgan fingerprint density at radius 1 is 1.67 bits per heavy atom. The standard InChI is InChI=1S/C8H9ClN2OS3/c1-2-3-15(12)8-10-6-5(9)4-13-7(6)14-11-8/h4H,2-3H2,1H3,(H,10,11). The van der Waals surface area contributed by atoms with Crippen LogP contribution in [-0.4, -0.2) is 15.1 Å². The largest absolute Gasteiger partial charge is 0.302 e. The van der Waals surface area contributed by atoms with Gasteiger partial charge < -0.3 is 4.72 Å². The van der Waals surface area contributed by atoms with Gasteiger partial charge >= 0.3 is 0 Å². The van der Waals surface area contributed by atoms with Gasteiger partial charge in [-0.1, -0.05) is 18.5 Å². The second-order valence-corrected chi connectivity index (χ2v) is 6.74. The highest BCUT2D eigenvalue weighted by molar-refractivity contribution is 8.06. The van der Waals surface area contributed by atoms with Gasteiger partial charge in [0.2, 0.25) is 5.17 Å². The van der Waals surface area contributed by atoms with E-state index in [2.05, 4.69) is 9.71 Å². The molecule has 0 spiro atoms. The van der Waals surface area contributed by atoms with E-state index in [1.165, 1.54) is 11.9 Å². The van der Waals surface area contributed by atoms with Crippen LogP contribution in [0, 0.1) is 0 Å². The number of rotatable bonds is 2. The van der Waals surface area contributed by atoms with Crippen molar-refractivity contribution < 1.29 is 4.21 Å². The van der Waals surface area contributed by atoms with Gasteiger partial charge in [0.15, 0.2) is 0 Å². The summed E-state index contributed by atoms with van der Waals surface area (Å²) in [5.74, 6) is 0.628. The zero-order chi connectivity index (χ0) is 10.8. The summed E-state index contributed by atoms with van der Waals surface area (Å²) in [7, 11) is -1.04. The van der Waals surface area contributed by atoms with Crippen LogP contribution in [0.5, 0.6) is 0 Å². The van der Waals surface area contributed by atoms with Crippen molar-refractivity contribution in [2.24, 2.45) is 4.99 Å². The molecule has 82 valence electrons. The first-order valence-corrected chi connectivity index (χ1v) is 7.78. The van der Waals surface area contributed by atoms with Gasteiger partial charge in [-0.15, -0.1) is 11.3 Å². The summed E-state index contributed by atoms with van der Waals surface area (Å²) in [5.41, 5.74) is 0.755. The Morgan fingerprint density at radius 2 is 2.47 bits per heavy atom.